The third kappa shape index (κ3) is 3.18. The van der Waals surface area contributed by atoms with Crippen molar-refractivity contribution < 1.29 is 0 Å². The fourth-order valence-electron chi connectivity index (χ4n) is 1.99. The van der Waals surface area contributed by atoms with Crippen molar-refractivity contribution in [2.75, 3.05) is 0 Å². The van der Waals surface area contributed by atoms with E-state index in [9.17, 15) is 0 Å². The Morgan fingerprint density at radius 2 is 2.00 bits per heavy atom. The molecule has 0 aliphatic carbocycles. The van der Waals surface area contributed by atoms with Gasteiger partial charge in [0.25, 0.3) is 0 Å². The maximum Gasteiger partial charge on any atom is 0.0274 e. The molecule has 0 unspecified atom stereocenters. The smallest absolute Gasteiger partial charge is 0.0274 e. The minimum atomic E-state index is 0.635. The summed E-state index contributed by atoms with van der Waals surface area (Å²) in [5.41, 5.74) is 9.66. The van der Waals surface area contributed by atoms with Crippen LogP contribution >= 0.6 is 11.3 Å². The van der Waals surface area contributed by atoms with Gasteiger partial charge in [-0.05, 0) is 40.5 Å². The summed E-state index contributed by atoms with van der Waals surface area (Å²) in [6.07, 6.45) is 1.14. The van der Waals surface area contributed by atoms with Gasteiger partial charge < -0.3 is 5.73 Å². The second kappa shape index (κ2) is 5.48. The molecule has 0 amide bonds. The molecular formula is C15H19NS. The quantitative estimate of drug-likeness (QED) is 0.863. The van der Waals surface area contributed by atoms with E-state index >= 15 is 0 Å². The van der Waals surface area contributed by atoms with Crippen LogP contribution in [0.15, 0.2) is 35.7 Å². The molecule has 0 saturated carbocycles. The van der Waals surface area contributed by atoms with Crippen LogP contribution in [0.2, 0.25) is 0 Å². The van der Waals surface area contributed by atoms with Gasteiger partial charge in [-0.25, -0.2) is 0 Å². The predicted molar refractivity (Wildman–Crippen MR) is 76.2 cm³/mol. The van der Waals surface area contributed by atoms with Crippen molar-refractivity contribution in [3.8, 4) is 11.1 Å². The Balaban J connectivity index is 2.26. The molecule has 1 aromatic carbocycles. The number of hydrogen-bond donors (Lipinski definition) is 1. The molecule has 0 saturated heterocycles. The standard InChI is InChI=1S/C15H19NS/c1-11(2)6-12-4-3-5-13(7-12)14-8-15(9-16)17-10-14/h3-5,7-8,10-11H,6,9,16H2,1-2H3. The summed E-state index contributed by atoms with van der Waals surface area (Å²) in [6.45, 7) is 5.14. The van der Waals surface area contributed by atoms with Crippen molar-refractivity contribution in [1.29, 1.82) is 0 Å². The van der Waals surface area contributed by atoms with Gasteiger partial charge in [-0.15, -0.1) is 11.3 Å². The Morgan fingerprint density at radius 1 is 1.18 bits per heavy atom. The molecule has 0 aliphatic heterocycles. The van der Waals surface area contributed by atoms with Crippen molar-refractivity contribution in [3.63, 3.8) is 0 Å². The Hall–Kier alpha value is -1.12. The fraction of sp³-hybridized carbons (Fsp3) is 0.333. The van der Waals surface area contributed by atoms with E-state index in [1.165, 1.54) is 21.6 Å². The molecule has 2 N–H and O–H groups in total. The lowest BCUT2D eigenvalue weighted by atomic mass is 9.99. The van der Waals surface area contributed by atoms with Gasteiger partial charge in [-0.2, -0.15) is 0 Å². The van der Waals surface area contributed by atoms with Crippen molar-refractivity contribution in [2.45, 2.75) is 26.8 Å². The first-order valence-electron chi connectivity index (χ1n) is 6.06. The maximum absolute atomic E-state index is 5.65. The number of hydrogen-bond acceptors (Lipinski definition) is 2. The minimum absolute atomic E-state index is 0.635. The highest BCUT2D eigenvalue weighted by Crippen LogP contribution is 2.26. The second-order valence-electron chi connectivity index (χ2n) is 4.80. The molecule has 0 fully saturated rings. The lowest BCUT2D eigenvalue weighted by Gasteiger charge is -2.06. The van der Waals surface area contributed by atoms with Crippen LogP contribution in [0, 0.1) is 5.92 Å². The van der Waals surface area contributed by atoms with Crippen LogP contribution in [0.5, 0.6) is 0 Å². The number of benzene rings is 1. The highest BCUT2D eigenvalue weighted by atomic mass is 32.1. The lowest BCUT2D eigenvalue weighted by molar-refractivity contribution is 0.647. The van der Waals surface area contributed by atoms with Crippen LogP contribution in [0.4, 0.5) is 0 Å². The first-order chi connectivity index (χ1) is 8.19. The van der Waals surface area contributed by atoms with Gasteiger partial charge in [0, 0.05) is 11.4 Å². The molecule has 0 spiro atoms. The normalized spacial score (nSPS) is 11.1. The van der Waals surface area contributed by atoms with E-state index in [0.29, 0.717) is 12.5 Å². The minimum Gasteiger partial charge on any atom is -0.326 e. The van der Waals surface area contributed by atoms with E-state index < -0.39 is 0 Å². The van der Waals surface area contributed by atoms with Crippen LogP contribution in [-0.2, 0) is 13.0 Å². The monoisotopic (exact) mass is 245 g/mol. The van der Waals surface area contributed by atoms with E-state index in [2.05, 4.69) is 49.6 Å². The summed E-state index contributed by atoms with van der Waals surface area (Å²) in [4.78, 5) is 1.24. The van der Waals surface area contributed by atoms with Gasteiger partial charge in [0.05, 0.1) is 0 Å². The van der Waals surface area contributed by atoms with Crippen molar-refractivity contribution in [3.05, 3.63) is 46.2 Å². The Bertz CT molecular complexity index is 485. The van der Waals surface area contributed by atoms with Gasteiger partial charge in [0.1, 0.15) is 0 Å². The first kappa shape index (κ1) is 12.3. The molecule has 2 rings (SSSR count). The molecule has 1 nitrogen and oxygen atoms in total. The van der Waals surface area contributed by atoms with E-state index in [4.69, 9.17) is 5.73 Å². The number of thiophene rings is 1. The molecule has 17 heavy (non-hydrogen) atoms. The zero-order chi connectivity index (χ0) is 12.3. The second-order valence-corrected chi connectivity index (χ2v) is 5.80. The molecule has 0 radical (unpaired) electrons. The van der Waals surface area contributed by atoms with E-state index in [1.807, 2.05) is 0 Å². The van der Waals surface area contributed by atoms with Crippen molar-refractivity contribution >= 4 is 11.3 Å². The summed E-state index contributed by atoms with van der Waals surface area (Å²) >= 11 is 1.74. The first-order valence-corrected chi connectivity index (χ1v) is 6.94. The van der Waals surface area contributed by atoms with Gasteiger partial charge in [-0.1, -0.05) is 38.1 Å². The van der Waals surface area contributed by atoms with Gasteiger partial charge in [0.15, 0.2) is 0 Å². The largest absolute Gasteiger partial charge is 0.326 e. The lowest BCUT2D eigenvalue weighted by Crippen LogP contribution is -1.94. The average Bonchev–Trinajstić information content (AvgIpc) is 2.77. The van der Waals surface area contributed by atoms with Crippen LogP contribution < -0.4 is 5.73 Å². The molecular weight excluding hydrogens is 226 g/mol. The van der Waals surface area contributed by atoms with Gasteiger partial charge in [0.2, 0.25) is 0 Å². The summed E-state index contributed by atoms with van der Waals surface area (Å²) in [5, 5.41) is 2.19. The van der Waals surface area contributed by atoms with Crippen LogP contribution in [0.3, 0.4) is 0 Å². The average molecular weight is 245 g/mol. The zero-order valence-electron chi connectivity index (χ0n) is 10.4. The van der Waals surface area contributed by atoms with Crippen LogP contribution in [0.1, 0.15) is 24.3 Å². The highest BCUT2D eigenvalue weighted by Gasteiger charge is 2.03. The molecule has 0 atom stereocenters. The van der Waals surface area contributed by atoms with E-state index in [0.717, 1.165) is 6.42 Å². The molecule has 0 aliphatic rings. The third-order valence-corrected chi connectivity index (χ3v) is 3.72. The van der Waals surface area contributed by atoms with Crippen LogP contribution in [0.25, 0.3) is 11.1 Å². The molecule has 1 heterocycles. The third-order valence-electron chi connectivity index (χ3n) is 2.76. The predicted octanol–water partition coefficient (Wildman–Crippen LogP) is 4.07. The van der Waals surface area contributed by atoms with Crippen LogP contribution in [-0.4, -0.2) is 0 Å². The van der Waals surface area contributed by atoms with E-state index in [1.54, 1.807) is 11.3 Å². The molecule has 90 valence electrons. The van der Waals surface area contributed by atoms with Crippen molar-refractivity contribution in [2.24, 2.45) is 11.7 Å². The van der Waals surface area contributed by atoms with E-state index in [-0.39, 0.29) is 0 Å². The summed E-state index contributed by atoms with van der Waals surface area (Å²) in [6, 6.07) is 11.0. The SMILES string of the molecule is CC(C)Cc1cccc(-c2csc(CN)c2)c1. The number of rotatable bonds is 4. The zero-order valence-corrected chi connectivity index (χ0v) is 11.3. The summed E-state index contributed by atoms with van der Waals surface area (Å²) < 4.78 is 0. The molecule has 0 bridgehead atoms. The summed E-state index contributed by atoms with van der Waals surface area (Å²) in [7, 11) is 0. The van der Waals surface area contributed by atoms with Gasteiger partial charge in [-0.3, -0.25) is 0 Å². The van der Waals surface area contributed by atoms with Gasteiger partial charge >= 0.3 is 0 Å². The number of nitrogens with two attached hydrogens (primary N) is 1. The molecule has 2 heteroatoms. The molecule has 2 aromatic rings. The highest BCUT2D eigenvalue weighted by molar-refractivity contribution is 7.10. The van der Waals surface area contributed by atoms with Crippen molar-refractivity contribution in [1.82, 2.24) is 0 Å². The maximum atomic E-state index is 5.65. The molecule has 1 aromatic heterocycles. The fourth-order valence-corrected chi connectivity index (χ4v) is 2.76. The Morgan fingerprint density at radius 3 is 2.65 bits per heavy atom. The summed E-state index contributed by atoms with van der Waals surface area (Å²) in [5.74, 6) is 0.701. The topological polar surface area (TPSA) is 26.0 Å². The Labute approximate surface area is 107 Å². The Kier molecular flexibility index (Phi) is 3.97.